The summed E-state index contributed by atoms with van der Waals surface area (Å²) in [5.74, 6) is -0.395. The highest BCUT2D eigenvalue weighted by Crippen LogP contribution is 2.28. The topological polar surface area (TPSA) is 65.2 Å². The van der Waals surface area contributed by atoms with Gasteiger partial charge >= 0.3 is 0 Å². The number of carbonyl (C=O) groups excluding carboxylic acids is 1. The van der Waals surface area contributed by atoms with Crippen LogP contribution in [0.2, 0.25) is 0 Å². The molecule has 4 nitrogen and oxygen atoms in total. The smallest absolute Gasteiger partial charge is 0.258 e. The van der Waals surface area contributed by atoms with E-state index in [1.54, 1.807) is 12.4 Å². The lowest BCUT2D eigenvalue weighted by molar-refractivity contribution is 0.0631. The zero-order chi connectivity index (χ0) is 13.9. The zero-order valence-electron chi connectivity index (χ0n) is 11.0. The molecule has 0 radical (unpaired) electrons. The second-order valence-corrected chi connectivity index (χ2v) is 5.98. The lowest BCUT2D eigenvalue weighted by Gasteiger charge is -2.17. The molecule has 2 heterocycles. The molecule has 0 bridgehead atoms. The van der Waals surface area contributed by atoms with Crippen molar-refractivity contribution in [3.05, 3.63) is 41.1 Å². The number of thiophene rings is 1. The van der Waals surface area contributed by atoms with Crippen LogP contribution in [0.4, 0.5) is 0 Å². The van der Waals surface area contributed by atoms with Crippen molar-refractivity contribution in [1.82, 2.24) is 4.98 Å². The highest BCUT2D eigenvalue weighted by Gasteiger charge is 2.13. The van der Waals surface area contributed by atoms with Crippen molar-refractivity contribution < 1.29 is 9.53 Å². The number of aromatic nitrogens is 1. The van der Waals surface area contributed by atoms with E-state index in [1.807, 2.05) is 6.07 Å². The van der Waals surface area contributed by atoms with E-state index in [2.05, 4.69) is 17.1 Å². The van der Waals surface area contributed by atoms with Gasteiger partial charge in [0.15, 0.2) is 0 Å². The number of nitrogens with two attached hydrogens (primary N) is 1. The van der Waals surface area contributed by atoms with Crippen molar-refractivity contribution in [3.63, 3.8) is 0 Å². The summed E-state index contributed by atoms with van der Waals surface area (Å²) in [6.07, 6.45) is 11.4. The average molecular weight is 288 g/mol. The fourth-order valence-electron chi connectivity index (χ4n) is 2.37. The molecule has 1 aliphatic carbocycles. The Morgan fingerprint density at radius 1 is 1.50 bits per heavy atom. The van der Waals surface area contributed by atoms with Gasteiger partial charge in [-0.3, -0.25) is 9.78 Å². The minimum atomic E-state index is -0.395. The van der Waals surface area contributed by atoms with E-state index in [9.17, 15) is 4.79 Å². The second kappa shape index (κ2) is 5.73. The summed E-state index contributed by atoms with van der Waals surface area (Å²) in [7, 11) is 0. The van der Waals surface area contributed by atoms with Crippen LogP contribution in [-0.4, -0.2) is 17.0 Å². The molecular weight excluding hydrogens is 272 g/mol. The van der Waals surface area contributed by atoms with Gasteiger partial charge in [0, 0.05) is 23.3 Å². The molecule has 2 aromatic heterocycles. The number of carbonyl (C=O) groups is 1. The Morgan fingerprint density at radius 3 is 3.15 bits per heavy atom. The van der Waals surface area contributed by atoms with Crippen molar-refractivity contribution >= 4 is 27.3 Å². The van der Waals surface area contributed by atoms with E-state index >= 15 is 0 Å². The van der Waals surface area contributed by atoms with E-state index in [-0.39, 0.29) is 6.10 Å². The summed E-state index contributed by atoms with van der Waals surface area (Å²) in [4.78, 5) is 16.0. The molecule has 0 saturated heterocycles. The van der Waals surface area contributed by atoms with Crippen LogP contribution in [-0.2, 0) is 11.3 Å². The van der Waals surface area contributed by atoms with Gasteiger partial charge in [-0.1, -0.05) is 12.2 Å². The van der Waals surface area contributed by atoms with Crippen molar-refractivity contribution in [1.29, 1.82) is 0 Å². The quantitative estimate of drug-likeness (QED) is 0.879. The molecule has 3 rings (SSSR count). The maximum Gasteiger partial charge on any atom is 0.258 e. The highest BCUT2D eigenvalue weighted by molar-refractivity contribution is 7.20. The van der Waals surface area contributed by atoms with Crippen molar-refractivity contribution in [3.8, 4) is 0 Å². The highest BCUT2D eigenvalue weighted by atomic mass is 32.1. The molecule has 104 valence electrons. The summed E-state index contributed by atoms with van der Waals surface area (Å²) in [6.45, 7) is 0.508. The molecule has 2 N–H and O–H groups in total. The number of primary amides is 1. The molecule has 0 fully saturated rings. The first-order chi connectivity index (χ1) is 9.74. The van der Waals surface area contributed by atoms with Crippen LogP contribution in [0.25, 0.3) is 10.1 Å². The molecule has 2 aromatic rings. The molecule has 0 aromatic carbocycles. The maximum absolute atomic E-state index is 11.3. The summed E-state index contributed by atoms with van der Waals surface area (Å²) in [5, 5.41) is 1.01. The molecule has 0 spiro atoms. The van der Waals surface area contributed by atoms with Gasteiger partial charge < -0.3 is 10.5 Å². The Balaban J connectivity index is 1.81. The monoisotopic (exact) mass is 288 g/mol. The minimum Gasteiger partial charge on any atom is -0.369 e. The summed E-state index contributed by atoms with van der Waals surface area (Å²) in [5.41, 5.74) is 6.33. The molecule has 20 heavy (non-hydrogen) atoms. The number of nitrogens with zero attached hydrogens (tertiary/aromatic N) is 1. The van der Waals surface area contributed by atoms with Gasteiger partial charge in [-0.15, -0.1) is 11.3 Å². The first kappa shape index (κ1) is 13.3. The Labute approximate surface area is 121 Å². The van der Waals surface area contributed by atoms with Gasteiger partial charge in [0.1, 0.15) is 0 Å². The molecule has 5 heteroatoms. The summed E-state index contributed by atoms with van der Waals surface area (Å²) in [6, 6.07) is 1.83. The van der Waals surface area contributed by atoms with Crippen LogP contribution in [0.15, 0.2) is 30.6 Å². The van der Waals surface area contributed by atoms with Gasteiger partial charge in [0.05, 0.1) is 22.3 Å². The van der Waals surface area contributed by atoms with Gasteiger partial charge in [-0.25, -0.2) is 0 Å². The first-order valence-electron chi connectivity index (χ1n) is 6.68. The number of hydrogen-bond donors (Lipinski definition) is 1. The van der Waals surface area contributed by atoms with E-state index < -0.39 is 5.91 Å². The fourth-order valence-corrected chi connectivity index (χ4v) is 3.30. The standard InChI is InChI=1S/C15H16N2O2S/c16-15(18)13-6-12-10(7-17-8-14(12)20-13)9-19-11-4-2-1-3-5-11/h2,4,6-8,11H,1,3,5,9H2,(H2,16,18). The molecule has 1 aliphatic rings. The number of pyridine rings is 1. The Kier molecular flexibility index (Phi) is 3.80. The average Bonchev–Trinajstić information content (AvgIpc) is 2.91. The largest absolute Gasteiger partial charge is 0.369 e. The van der Waals surface area contributed by atoms with Crippen LogP contribution in [0.5, 0.6) is 0 Å². The Hall–Kier alpha value is -1.72. The van der Waals surface area contributed by atoms with Crippen LogP contribution >= 0.6 is 11.3 Å². The minimum absolute atomic E-state index is 0.188. The summed E-state index contributed by atoms with van der Waals surface area (Å²) >= 11 is 1.37. The molecule has 1 unspecified atom stereocenters. The summed E-state index contributed by atoms with van der Waals surface area (Å²) < 4.78 is 6.88. The normalized spacial score (nSPS) is 18.5. The van der Waals surface area contributed by atoms with Crippen molar-refractivity contribution in [2.75, 3.05) is 0 Å². The number of amides is 1. The predicted molar refractivity (Wildman–Crippen MR) is 79.7 cm³/mol. The number of allylic oxidation sites excluding steroid dienone is 1. The zero-order valence-corrected chi connectivity index (χ0v) is 11.9. The lowest BCUT2D eigenvalue weighted by atomic mass is 10.1. The van der Waals surface area contributed by atoms with Crippen LogP contribution in [0.3, 0.4) is 0 Å². The maximum atomic E-state index is 11.3. The number of fused-ring (bicyclic) bond motifs is 1. The van der Waals surface area contributed by atoms with Crippen LogP contribution in [0, 0.1) is 0 Å². The Morgan fingerprint density at radius 2 is 2.40 bits per heavy atom. The fraction of sp³-hybridized carbons (Fsp3) is 0.333. The van der Waals surface area contributed by atoms with E-state index in [0.717, 1.165) is 28.5 Å². The molecular formula is C15H16N2O2S. The third-order valence-corrected chi connectivity index (χ3v) is 4.52. The van der Waals surface area contributed by atoms with Crippen LogP contribution < -0.4 is 5.73 Å². The molecule has 1 atom stereocenters. The predicted octanol–water partition coefficient (Wildman–Crippen LogP) is 3.02. The number of hydrogen-bond acceptors (Lipinski definition) is 4. The third-order valence-electron chi connectivity index (χ3n) is 3.43. The van der Waals surface area contributed by atoms with Gasteiger partial charge in [0.2, 0.25) is 0 Å². The van der Waals surface area contributed by atoms with E-state index in [4.69, 9.17) is 10.5 Å². The third kappa shape index (κ3) is 2.73. The van der Waals surface area contributed by atoms with E-state index in [1.165, 1.54) is 17.8 Å². The number of rotatable bonds is 4. The van der Waals surface area contributed by atoms with Crippen molar-refractivity contribution in [2.45, 2.75) is 32.0 Å². The molecule has 1 amide bonds. The van der Waals surface area contributed by atoms with E-state index in [0.29, 0.717) is 11.5 Å². The second-order valence-electron chi connectivity index (χ2n) is 4.89. The van der Waals surface area contributed by atoms with Gasteiger partial charge in [-0.05, 0) is 25.3 Å². The first-order valence-corrected chi connectivity index (χ1v) is 7.50. The SMILES string of the molecule is NC(=O)c1cc2c(COC3C=CCCC3)cncc2s1. The van der Waals surface area contributed by atoms with Gasteiger partial charge in [0.25, 0.3) is 5.91 Å². The molecule has 0 saturated carbocycles. The van der Waals surface area contributed by atoms with Crippen LogP contribution in [0.1, 0.15) is 34.5 Å². The lowest BCUT2D eigenvalue weighted by Crippen LogP contribution is -2.12. The molecule has 0 aliphatic heterocycles. The number of ether oxygens (including phenoxy) is 1. The van der Waals surface area contributed by atoms with Crippen molar-refractivity contribution in [2.24, 2.45) is 5.73 Å². The van der Waals surface area contributed by atoms with Gasteiger partial charge in [-0.2, -0.15) is 0 Å². The Bertz CT molecular complexity index is 663.